The van der Waals surface area contributed by atoms with Crippen LogP contribution in [0.1, 0.15) is 30.8 Å². The van der Waals surface area contributed by atoms with E-state index in [-0.39, 0.29) is 24.0 Å². The van der Waals surface area contributed by atoms with Gasteiger partial charge in [0.25, 0.3) is 0 Å². The van der Waals surface area contributed by atoms with Crippen molar-refractivity contribution in [3.05, 3.63) is 47.3 Å². The topological polar surface area (TPSA) is 54.7 Å². The van der Waals surface area contributed by atoms with Crippen LogP contribution in [0, 0.1) is 19.8 Å². The van der Waals surface area contributed by atoms with Crippen molar-refractivity contribution in [2.75, 3.05) is 27.2 Å². The normalized spacial score (nSPS) is 12.3. The molecule has 1 unspecified atom stereocenters. The predicted octanol–water partition coefficient (Wildman–Crippen LogP) is 3.86. The molecule has 0 amide bonds. The molecule has 0 aliphatic rings. The number of hydrogen-bond acceptors (Lipinski definition) is 3. The van der Waals surface area contributed by atoms with Crippen molar-refractivity contribution in [2.45, 2.75) is 40.8 Å². The molecule has 1 atom stereocenters. The van der Waals surface area contributed by atoms with E-state index in [9.17, 15) is 0 Å². The SMILES string of the molecule is CCNC(=NCC(C)Cn1nc(C)cc1C)N(C)Cc1ccccc1OC.I. The quantitative estimate of drug-likeness (QED) is 0.341. The maximum atomic E-state index is 5.47. The van der Waals surface area contributed by atoms with E-state index < -0.39 is 0 Å². The second-order valence-corrected chi connectivity index (χ2v) is 7.08. The van der Waals surface area contributed by atoms with E-state index in [0.29, 0.717) is 5.92 Å². The molecular formula is C21H34IN5O. The van der Waals surface area contributed by atoms with E-state index in [1.807, 2.05) is 25.1 Å². The van der Waals surface area contributed by atoms with E-state index in [1.165, 1.54) is 5.69 Å². The number of methoxy groups -OCH3 is 1. The van der Waals surface area contributed by atoms with Crippen molar-refractivity contribution in [3.63, 3.8) is 0 Å². The molecule has 1 aromatic carbocycles. The fraction of sp³-hybridized carbons (Fsp3) is 0.524. The summed E-state index contributed by atoms with van der Waals surface area (Å²) in [6.45, 7) is 11.6. The van der Waals surface area contributed by atoms with Crippen molar-refractivity contribution in [3.8, 4) is 5.75 Å². The van der Waals surface area contributed by atoms with Gasteiger partial charge < -0.3 is 15.0 Å². The molecule has 7 heteroatoms. The van der Waals surface area contributed by atoms with Crippen molar-refractivity contribution < 1.29 is 4.74 Å². The van der Waals surface area contributed by atoms with Crippen LogP contribution in [0.5, 0.6) is 5.75 Å². The predicted molar refractivity (Wildman–Crippen MR) is 127 cm³/mol. The Balaban J connectivity index is 0.00000392. The molecule has 0 radical (unpaired) electrons. The molecule has 28 heavy (non-hydrogen) atoms. The highest BCUT2D eigenvalue weighted by Crippen LogP contribution is 2.18. The van der Waals surface area contributed by atoms with E-state index in [1.54, 1.807) is 7.11 Å². The molecule has 6 nitrogen and oxygen atoms in total. The highest BCUT2D eigenvalue weighted by atomic mass is 127. The monoisotopic (exact) mass is 499 g/mol. The van der Waals surface area contributed by atoms with Crippen LogP contribution in [0.3, 0.4) is 0 Å². The van der Waals surface area contributed by atoms with Gasteiger partial charge in [0.05, 0.1) is 12.8 Å². The zero-order valence-electron chi connectivity index (χ0n) is 17.9. The first-order valence-electron chi connectivity index (χ1n) is 9.57. The Labute approximate surface area is 186 Å². The number of hydrogen-bond donors (Lipinski definition) is 1. The Bertz CT molecular complexity index is 759. The Kier molecular flexibility index (Phi) is 10.3. The van der Waals surface area contributed by atoms with Gasteiger partial charge >= 0.3 is 0 Å². The highest BCUT2D eigenvalue weighted by Gasteiger charge is 2.11. The largest absolute Gasteiger partial charge is 0.496 e. The summed E-state index contributed by atoms with van der Waals surface area (Å²) in [7, 11) is 3.76. The van der Waals surface area contributed by atoms with Crippen molar-refractivity contribution in [1.82, 2.24) is 20.0 Å². The molecule has 0 saturated heterocycles. The van der Waals surface area contributed by atoms with E-state index in [0.717, 1.165) is 49.1 Å². The molecule has 0 aliphatic heterocycles. The lowest BCUT2D eigenvalue weighted by atomic mass is 10.2. The van der Waals surface area contributed by atoms with Crippen molar-refractivity contribution in [1.29, 1.82) is 0 Å². The van der Waals surface area contributed by atoms with Crippen LogP contribution in [0.4, 0.5) is 0 Å². The summed E-state index contributed by atoms with van der Waals surface area (Å²) in [5.41, 5.74) is 3.40. The van der Waals surface area contributed by atoms with E-state index in [2.05, 4.69) is 59.9 Å². The summed E-state index contributed by atoms with van der Waals surface area (Å²) in [6, 6.07) is 10.2. The molecule has 0 saturated carbocycles. The van der Waals surface area contributed by atoms with Crippen LogP contribution < -0.4 is 10.1 Å². The lowest BCUT2D eigenvalue weighted by molar-refractivity contribution is 0.395. The first kappa shape index (κ1) is 24.3. The van der Waals surface area contributed by atoms with Gasteiger partial charge in [-0.25, -0.2) is 0 Å². The fourth-order valence-electron chi connectivity index (χ4n) is 3.09. The number of aryl methyl sites for hydroxylation is 2. The van der Waals surface area contributed by atoms with Gasteiger partial charge in [0.2, 0.25) is 0 Å². The van der Waals surface area contributed by atoms with Crippen LogP contribution in [0.15, 0.2) is 35.3 Å². The van der Waals surface area contributed by atoms with Gasteiger partial charge in [-0.2, -0.15) is 5.10 Å². The van der Waals surface area contributed by atoms with Gasteiger partial charge in [-0.15, -0.1) is 24.0 Å². The van der Waals surface area contributed by atoms with E-state index in [4.69, 9.17) is 9.73 Å². The number of aliphatic imine (C=N–C) groups is 1. The molecule has 1 aromatic heterocycles. The smallest absolute Gasteiger partial charge is 0.193 e. The number of halogens is 1. The summed E-state index contributed by atoms with van der Waals surface area (Å²) in [5.74, 6) is 2.21. The number of para-hydroxylation sites is 1. The molecule has 156 valence electrons. The maximum Gasteiger partial charge on any atom is 0.193 e. The van der Waals surface area contributed by atoms with Gasteiger partial charge in [0.1, 0.15) is 5.75 Å². The second-order valence-electron chi connectivity index (χ2n) is 7.08. The van der Waals surface area contributed by atoms with Crippen LogP contribution >= 0.6 is 24.0 Å². The molecule has 0 bridgehead atoms. The van der Waals surface area contributed by atoms with Gasteiger partial charge in [-0.1, -0.05) is 25.1 Å². The van der Waals surface area contributed by atoms with Gasteiger partial charge in [-0.05, 0) is 38.8 Å². The standard InChI is InChI=1S/C21H33N5O.HI/c1-7-22-21(25(5)15-19-10-8-9-11-20(19)27-6)23-13-16(2)14-26-18(4)12-17(3)24-26;/h8-12,16H,7,13-15H2,1-6H3,(H,22,23);1H. The molecule has 1 heterocycles. The molecule has 0 spiro atoms. The van der Waals surface area contributed by atoms with Gasteiger partial charge in [-0.3, -0.25) is 9.67 Å². The lowest BCUT2D eigenvalue weighted by Gasteiger charge is -2.23. The molecule has 2 aromatic rings. The average molecular weight is 499 g/mol. The zero-order valence-corrected chi connectivity index (χ0v) is 20.2. The number of nitrogens with one attached hydrogen (secondary N) is 1. The summed E-state index contributed by atoms with van der Waals surface area (Å²) in [6.07, 6.45) is 0. The number of rotatable bonds is 8. The van der Waals surface area contributed by atoms with Crippen LogP contribution in [0.25, 0.3) is 0 Å². The minimum absolute atomic E-state index is 0. The first-order chi connectivity index (χ1) is 12.9. The summed E-state index contributed by atoms with van der Waals surface area (Å²) in [5, 5.41) is 7.94. The summed E-state index contributed by atoms with van der Waals surface area (Å²) in [4.78, 5) is 6.98. The Hall–Kier alpha value is -1.77. The number of guanidine groups is 1. The summed E-state index contributed by atoms with van der Waals surface area (Å²) < 4.78 is 7.54. The third-order valence-corrected chi connectivity index (χ3v) is 4.44. The molecule has 2 rings (SSSR count). The molecule has 1 N–H and O–H groups in total. The van der Waals surface area contributed by atoms with Crippen LogP contribution in [-0.4, -0.2) is 47.9 Å². The van der Waals surface area contributed by atoms with Crippen molar-refractivity contribution in [2.24, 2.45) is 10.9 Å². The average Bonchev–Trinajstić information content (AvgIpc) is 2.95. The Morgan fingerprint density at radius 2 is 2.04 bits per heavy atom. The minimum Gasteiger partial charge on any atom is -0.496 e. The third kappa shape index (κ3) is 7.00. The maximum absolute atomic E-state index is 5.47. The van der Waals surface area contributed by atoms with Crippen LogP contribution in [-0.2, 0) is 13.1 Å². The van der Waals surface area contributed by atoms with Gasteiger partial charge in [0, 0.05) is 44.5 Å². The summed E-state index contributed by atoms with van der Waals surface area (Å²) >= 11 is 0. The van der Waals surface area contributed by atoms with Crippen molar-refractivity contribution >= 4 is 29.9 Å². The number of nitrogens with zero attached hydrogens (tertiary/aromatic N) is 4. The number of aromatic nitrogens is 2. The zero-order chi connectivity index (χ0) is 19.8. The number of ether oxygens (including phenoxy) is 1. The third-order valence-electron chi connectivity index (χ3n) is 4.44. The highest BCUT2D eigenvalue weighted by molar-refractivity contribution is 14.0. The van der Waals surface area contributed by atoms with Crippen LogP contribution in [0.2, 0.25) is 0 Å². The lowest BCUT2D eigenvalue weighted by Crippen LogP contribution is -2.39. The Morgan fingerprint density at radius 3 is 2.64 bits per heavy atom. The van der Waals surface area contributed by atoms with E-state index >= 15 is 0 Å². The number of benzene rings is 1. The van der Waals surface area contributed by atoms with Gasteiger partial charge in [0.15, 0.2) is 5.96 Å². The molecule has 0 aliphatic carbocycles. The fourth-order valence-corrected chi connectivity index (χ4v) is 3.09. The minimum atomic E-state index is 0. The Morgan fingerprint density at radius 1 is 1.32 bits per heavy atom. The second kappa shape index (κ2) is 11.9. The first-order valence-corrected chi connectivity index (χ1v) is 9.57. The molecule has 0 fully saturated rings. The molecular weight excluding hydrogens is 465 g/mol.